The summed E-state index contributed by atoms with van der Waals surface area (Å²) in [6.07, 6.45) is 40.9. The Bertz CT molecular complexity index is 489. The lowest BCUT2D eigenvalue weighted by molar-refractivity contribution is -0.670. The van der Waals surface area contributed by atoms with Gasteiger partial charge >= 0.3 is 0 Å². The van der Waals surface area contributed by atoms with E-state index < -0.39 is 0 Å². The Hall–Kier alpha value is -1.05. The molecular weight excluding hydrogens is 364 g/mol. The van der Waals surface area contributed by atoms with Crippen LogP contribution in [-0.2, 0) is 7.05 Å². The molecule has 0 atom stereocenters. The number of aromatic nitrogens is 2. The molecule has 0 fully saturated rings. The molecule has 0 amide bonds. The first-order chi connectivity index (χ1) is 14.8. The summed E-state index contributed by atoms with van der Waals surface area (Å²) in [6, 6.07) is 0. The standard InChI is InChI=1S/C28H53N2/c1-3-4-5-6-7-8-9-10-11-12-13-14-15-16-17-18-19-20-21-22-23-24-25-30-27-26-29(2)28-30/h24-28H,3-23H2,1-2H3/q+1. The van der Waals surface area contributed by atoms with Crippen LogP contribution in [0.1, 0.15) is 142 Å². The minimum atomic E-state index is 1.21. The van der Waals surface area contributed by atoms with Gasteiger partial charge in [-0.2, -0.15) is 0 Å². The lowest BCUT2D eigenvalue weighted by Gasteiger charge is -2.04. The van der Waals surface area contributed by atoms with Gasteiger partial charge in [0.15, 0.2) is 0 Å². The van der Waals surface area contributed by atoms with Crippen LogP contribution in [0, 0.1) is 0 Å². The lowest BCUT2D eigenvalue weighted by Crippen LogP contribution is -2.23. The molecule has 2 nitrogen and oxygen atoms in total. The second-order valence-electron chi connectivity index (χ2n) is 9.42. The molecule has 0 bridgehead atoms. The quantitative estimate of drug-likeness (QED) is 0.131. The fourth-order valence-corrected chi connectivity index (χ4v) is 4.27. The van der Waals surface area contributed by atoms with Gasteiger partial charge in [0.25, 0.3) is 0 Å². The van der Waals surface area contributed by atoms with Gasteiger partial charge in [0.2, 0.25) is 6.33 Å². The molecule has 1 aromatic heterocycles. The van der Waals surface area contributed by atoms with E-state index in [0.717, 1.165) is 0 Å². The van der Waals surface area contributed by atoms with Gasteiger partial charge in [-0.3, -0.25) is 0 Å². The number of nitrogens with zero attached hydrogens (tertiary/aromatic N) is 2. The van der Waals surface area contributed by atoms with Crippen LogP contribution in [0.4, 0.5) is 0 Å². The zero-order valence-corrected chi connectivity index (χ0v) is 20.6. The van der Waals surface area contributed by atoms with E-state index in [1.165, 1.54) is 135 Å². The van der Waals surface area contributed by atoms with Crippen molar-refractivity contribution in [1.82, 2.24) is 4.57 Å². The van der Waals surface area contributed by atoms with E-state index in [2.05, 4.69) is 54.1 Å². The molecule has 0 unspecified atom stereocenters. The summed E-state index contributed by atoms with van der Waals surface area (Å²) in [5.74, 6) is 0. The predicted molar refractivity (Wildman–Crippen MR) is 134 cm³/mol. The smallest absolute Gasteiger partial charge is 0.239 e. The predicted octanol–water partition coefficient (Wildman–Crippen LogP) is 9.00. The van der Waals surface area contributed by atoms with Crippen molar-refractivity contribution in [1.29, 1.82) is 0 Å². The van der Waals surface area contributed by atoms with Crippen molar-refractivity contribution in [3.8, 4) is 0 Å². The average Bonchev–Trinajstić information content (AvgIpc) is 3.16. The monoisotopic (exact) mass is 417 g/mol. The van der Waals surface area contributed by atoms with Gasteiger partial charge in [-0.05, 0) is 18.9 Å². The van der Waals surface area contributed by atoms with Crippen LogP contribution < -0.4 is 4.57 Å². The minimum Gasteiger partial charge on any atom is -0.239 e. The van der Waals surface area contributed by atoms with E-state index >= 15 is 0 Å². The molecule has 0 spiro atoms. The van der Waals surface area contributed by atoms with Crippen LogP contribution in [0.3, 0.4) is 0 Å². The fourth-order valence-electron chi connectivity index (χ4n) is 4.27. The van der Waals surface area contributed by atoms with E-state index in [9.17, 15) is 0 Å². The number of allylic oxidation sites excluding steroid dienone is 1. The van der Waals surface area contributed by atoms with Gasteiger partial charge in [0.1, 0.15) is 12.4 Å². The van der Waals surface area contributed by atoms with E-state index in [0.29, 0.717) is 0 Å². The zero-order chi connectivity index (χ0) is 21.5. The molecule has 0 aliphatic rings. The Morgan fingerprint density at radius 3 is 1.37 bits per heavy atom. The van der Waals surface area contributed by atoms with Crippen molar-refractivity contribution in [2.24, 2.45) is 7.05 Å². The number of unbranched alkanes of at least 4 members (excludes halogenated alkanes) is 20. The van der Waals surface area contributed by atoms with Crippen molar-refractivity contribution in [3.63, 3.8) is 0 Å². The maximum Gasteiger partial charge on any atom is 0.248 e. The fraction of sp³-hybridized carbons (Fsp3) is 0.821. The number of aryl methyl sites for hydroxylation is 1. The van der Waals surface area contributed by atoms with Gasteiger partial charge in [-0.25, -0.2) is 9.13 Å². The first-order valence-electron chi connectivity index (χ1n) is 13.5. The van der Waals surface area contributed by atoms with Crippen LogP contribution >= 0.6 is 0 Å². The third-order valence-electron chi connectivity index (χ3n) is 6.29. The molecule has 0 N–H and O–H groups in total. The van der Waals surface area contributed by atoms with Crippen molar-refractivity contribution in [2.75, 3.05) is 0 Å². The number of hydrogen-bond acceptors (Lipinski definition) is 0. The average molecular weight is 418 g/mol. The van der Waals surface area contributed by atoms with Gasteiger partial charge in [0.05, 0.1) is 13.2 Å². The molecule has 0 aliphatic heterocycles. The van der Waals surface area contributed by atoms with Crippen LogP contribution in [0.25, 0.3) is 6.20 Å². The number of rotatable bonds is 22. The van der Waals surface area contributed by atoms with Crippen molar-refractivity contribution in [3.05, 3.63) is 24.8 Å². The maximum atomic E-state index is 2.30. The summed E-state index contributed by atoms with van der Waals surface area (Å²) in [5.41, 5.74) is 0. The Morgan fingerprint density at radius 2 is 1.00 bits per heavy atom. The van der Waals surface area contributed by atoms with Crippen LogP contribution in [0.2, 0.25) is 0 Å². The molecular formula is C28H53N2+. The molecule has 0 saturated heterocycles. The zero-order valence-electron chi connectivity index (χ0n) is 20.6. The number of imidazole rings is 1. The maximum absolute atomic E-state index is 2.30. The van der Waals surface area contributed by atoms with Crippen LogP contribution in [-0.4, -0.2) is 4.57 Å². The highest BCUT2D eigenvalue weighted by Gasteiger charge is 1.96. The SMILES string of the molecule is CCCCCCCCCCCCCCCCCCCCCCC=Cn1cc[n+](C)c1. The first kappa shape index (κ1) is 27.0. The summed E-state index contributed by atoms with van der Waals surface area (Å²) >= 11 is 0. The third kappa shape index (κ3) is 17.8. The molecule has 174 valence electrons. The molecule has 30 heavy (non-hydrogen) atoms. The Balaban J connectivity index is 1.68. The highest BCUT2D eigenvalue weighted by Crippen LogP contribution is 2.15. The third-order valence-corrected chi connectivity index (χ3v) is 6.29. The topological polar surface area (TPSA) is 8.81 Å². The molecule has 1 rings (SSSR count). The van der Waals surface area contributed by atoms with E-state index in [4.69, 9.17) is 0 Å². The summed E-state index contributed by atoms with van der Waals surface area (Å²) in [4.78, 5) is 0. The summed E-state index contributed by atoms with van der Waals surface area (Å²) < 4.78 is 4.19. The normalized spacial score (nSPS) is 11.7. The van der Waals surface area contributed by atoms with Gasteiger partial charge < -0.3 is 0 Å². The summed E-state index contributed by atoms with van der Waals surface area (Å²) in [6.45, 7) is 2.30. The van der Waals surface area contributed by atoms with Crippen LogP contribution in [0.5, 0.6) is 0 Å². The molecule has 0 saturated carbocycles. The molecule has 1 aromatic rings. The van der Waals surface area contributed by atoms with Gasteiger partial charge in [-0.1, -0.05) is 129 Å². The van der Waals surface area contributed by atoms with E-state index in [1.54, 1.807) is 0 Å². The Kier molecular flexibility index (Phi) is 19.1. The second kappa shape index (κ2) is 21.2. The molecule has 1 heterocycles. The lowest BCUT2D eigenvalue weighted by atomic mass is 10.0. The highest BCUT2D eigenvalue weighted by molar-refractivity contribution is 5.19. The van der Waals surface area contributed by atoms with Crippen molar-refractivity contribution in [2.45, 2.75) is 142 Å². The molecule has 2 heteroatoms. The Labute approximate surface area is 189 Å². The van der Waals surface area contributed by atoms with Crippen LogP contribution in [0.15, 0.2) is 24.8 Å². The van der Waals surface area contributed by atoms with E-state index in [1.807, 2.05) is 0 Å². The van der Waals surface area contributed by atoms with Crippen molar-refractivity contribution < 1.29 is 4.57 Å². The minimum absolute atomic E-state index is 1.21. The molecule has 0 aliphatic carbocycles. The second-order valence-corrected chi connectivity index (χ2v) is 9.42. The molecule has 0 aromatic carbocycles. The Morgan fingerprint density at radius 1 is 0.600 bits per heavy atom. The summed E-state index contributed by atoms with van der Waals surface area (Å²) in [5, 5.41) is 0. The summed E-state index contributed by atoms with van der Waals surface area (Å²) in [7, 11) is 2.06. The van der Waals surface area contributed by atoms with Crippen molar-refractivity contribution >= 4 is 6.20 Å². The number of hydrogen-bond donors (Lipinski definition) is 0. The molecule has 0 radical (unpaired) electrons. The van der Waals surface area contributed by atoms with Gasteiger partial charge in [-0.15, -0.1) is 0 Å². The first-order valence-corrected chi connectivity index (χ1v) is 13.5. The highest BCUT2D eigenvalue weighted by atomic mass is 15.1. The van der Waals surface area contributed by atoms with E-state index in [-0.39, 0.29) is 0 Å². The van der Waals surface area contributed by atoms with Gasteiger partial charge in [0, 0.05) is 0 Å². The largest absolute Gasteiger partial charge is 0.248 e.